The van der Waals surface area contributed by atoms with Crippen LogP contribution in [0.3, 0.4) is 0 Å². The zero-order valence-corrected chi connectivity index (χ0v) is 15.1. The van der Waals surface area contributed by atoms with Crippen LogP contribution in [0.15, 0.2) is 54.6 Å². The summed E-state index contributed by atoms with van der Waals surface area (Å²) in [5.41, 5.74) is 1.55. The van der Waals surface area contributed by atoms with Crippen molar-refractivity contribution in [2.45, 2.75) is 64.7 Å². The molecule has 3 aromatic rings. The normalized spacial score (nSPS) is 11.4. The Bertz CT molecular complexity index is 715. The summed E-state index contributed by atoms with van der Waals surface area (Å²) >= 11 is 0. The van der Waals surface area contributed by atoms with E-state index >= 15 is 0 Å². The number of unbranched alkanes of at least 4 members (excludes halogenated alkanes) is 7. The minimum absolute atomic E-state index is 1.21. The average molecular weight is 319 g/mol. The molecular weight excluding hydrogens is 288 g/mol. The fourth-order valence-corrected chi connectivity index (χ4v) is 3.81. The summed E-state index contributed by atoms with van der Waals surface area (Å²) in [6.45, 7) is 2.29. The zero-order chi connectivity index (χ0) is 16.6. The largest absolute Gasteiger partial charge is 0.0654 e. The number of hydrogen-bond acceptors (Lipinski definition) is 0. The lowest BCUT2D eigenvalue weighted by atomic mass is 9.93. The number of rotatable bonds is 9. The van der Waals surface area contributed by atoms with Crippen LogP contribution < -0.4 is 0 Å². The molecule has 0 heterocycles. The summed E-state index contributed by atoms with van der Waals surface area (Å²) in [4.78, 5) is 0. The van der Waals surface area contributed by atoms with Gasteiger partial charge in [0.1, 0.15) is 0 Å². The Hall–Kier alpha value is -1.82. The second-order valence-electron chi connectivity index (χ2n) is 7.02. The van der Waals surface area contributed by atoms with Gasteiger partial charge in [-0.1, -0.05) is 100 Å². The van der Waals surface area contributed by atoms with Gasteiger partial charge in [-0.05, 0) is 46.0 Å². The smallest absolute Gasteiger partial charge is 0.0146 e. The van der Waals surface area contributed by atoms with Gasteiger partial charge in [-0.25, -0.2) is 0 Å². The van der Waals surface area contributed by atoms with E-state index in [0.29, 0.717) is 0 Å². The Labute approximate surface area is 146 Å². The number of benzene rings is 3. The van der Waals surface area contributed by atoms with Crippen molar-refractivity contribution in [1.29, 1.82) is 0 Å². The van der Waals surface area contributed by atoms with Crippen LogP contribution in [0.2, 0.25) is 0 Å². The van der Waals surface area contributed by atoms with E-state index in [-0.39, 0.29) is 0 Å². The molecule has 0 N–H and O–H groups in total. The molecule has 0 saturated heterocycles. The van der Waals surface area contributed by atoms with Crippen LogP contribution in [0.4, 0.5) is 0 Å². The van der Waals surface area contributed by atoms with Gasteiger partial charge in [0, 0.05) is 0 Å². The summed E-state index contributed by atoms with van der Waals surface area (Å²) in [6.07, 6.45) is 12.3. The molecule has 126 valence electrons. The third-order valence-corrected chi connectivity index (χ3v) is 5.16. The third-order valence-electron chi connectivity index (χ3n) is 5.16. The first-order valence-electron chi connectivity index (χ1n) is 9.79. The second kappa shape index (κ2) is 8.87. The molecule has 0 amide bonds. The molecule has 0 aliphatic heterocycles. The molecule has 3 rings (SSSR count). The van der Waals surface area contributed by atoms with Crippen LogP contribution in [-0.4, -0.2) is 0 Å². The summed E-state index contributed by atoms with van der Waals surface area (Å²) in [5, 5.41) is 5.65. The highest BCUT2D eigenvalue weighted by atomic mass is 14.1. The second-order valence-corrected chi connectivity index (χ2v) is 7.02. The van der Waals surface area contributed by atoms with Crippen molar-refractivity contribution in [3.05, 3.63) is 60.2 Å². The Morgan fingerprint density at radius 1 is 0.583 bits per heavy atom. The Morgan fingerprint density at radius 2 is 1.08 bits per heavy atom. The maximum atomic E-state index is 2.34. The molecule has 0 saturated carbocycles. The van der Waals surface area contributed by atoms with E-state index in [1.807, 2.05) is 0 Å². The fraction of sp³-hybridized carbons (Fsp3) is 0.417. The molecule has 0 atom stereocenters. The highest BCUT2D eigenvalue weighted by molar-refractivity contribution is 6.02. The van der Waals surface area contributed by atoms with Gasteiger partial charge in [-0.3, -0.25) is 0 Å². The summed E-state index contributed by atoms with van der Waals surface area (Å²) in [6, 6.07) is 20.1. The van der Waals surface area contributed by atoms with Crippen LogP contribution in [-0.2, 0) is 6.42 Å². The summed E-state index contributed by atoms with van der Waals surface area (Å²) < 4.78 is 0. The van der Waals surface area contributed by atoms with Gasteiger partial charge in [-0.2, -0.15) is 0 Å². The minimum Gasteiger partial charge on any atom is -0.0654 e. The van der Waals surface area contributed by atoms with Crippen molar-refractivity contribution < 1.29 is 0 Å². The van der Waals surface area contributed by atoms with Crippen LogP contribution in [0.25, 0.3) is 21.5 Å². The van der Waals surface area contributed by atoms with Gasteiger partial charge in [0.05, 0.1) is 0 Å². The highest BCUT2D eigenvalue weighted by Crippen LogP contribution is 2.29. The molecule has 0 aromatic heterocycles. The molecule has 0 aliphatic rings. The van der Waals surface area contributed by atoms with Crippen LogP contribution in [0.1, 0.15) is 63.9 Å². The number of aryl methyl sites for hydroxylation is 1. The maximum absolute atomic E-state index is 2.34. The molecule has 0 unspecified atom stereocenters. The van der Waals surface area contributed by atoms with Crippen molar-refractivity contribution in [2.75, 3.05) is 0 Å². The van der Waals surface area contributed by atoms with Crippen molar-refractivity contribution in [1.82, 2.24) is 0 Å². The molecule has 0 bridgehead atoms. The minimum atomic E-state index is 1.21. The van der Waals surface area contributed by atoms with E-state index in [4.69, 9.17) is 0 Å². The molecule has 0 radical (unpaired) electrons. The first-order valence-corrected chi connectivity index (χ1v) is 9.79. The van der Waals surface area contributed by atoms with E-state index in [0.717, 1.165) is 0 Å². The van der Waals surface area contributed by atoms with Gasteiger partial charge in [0.2, 0.25) is 0 Å². The SMILES string of the molecule is CCCCCCCCCCc1c2ccccc2cc2ccccc12. The van der Waals surface area contributed by atoms with Gasteiger partial charge in [0.15, 0.2) is 0 Å². The predicted octanol–water partition coefficient (Wildman–Crippen LogP) is 7.68. The van der Waals surface area contributed by atoms with Crippen molar-refractivity contribution >= 4 is 21.5 Å². The molecule has 0 heteroatoms. The van der Waals surface area contributed by atoms with Crippen LogP contribution in [0.5, 0.6) is 0 Å². The fourth-order valence-electron chi connectivity index (χ4n) is 3.81. The molecule has 0 aliphatic carbocycles. The molecule has 0 fully saturated rings. The van der Waals surface area contributed by atoms with E-state index in [2.05, 4.69) is 61.5 Å². The number of hydrogen-bond donors (Lipinski definition) is 0. The third kappa shape index (κ3) is 4.17. The average Bonchev–Trinajstić information content (AvgIpc) is 2.63. The molecule has 3 aromatic carbocycles. The molecule has 0 nitrogen and oxygen atoms in total. The van der Waals surface area contributed by atoms with Gasteiger partial charge in [-0.15, -0.1) is 0 Å². The first-order chi connectivity index (χ1) is 11.9. The maximum Gasteiger partial charge on any atom is -0.0146 e. The van der Waals surface area contributed by atoms with E-state index < -0.39 is 0 Å². The Balaban J connectivity index is 1.66. The lowest BCUT2D eigenvalue weighted by Gasteiger charge is -2.11. The van der Waals surface area contributed by atoms with Crippen LogP contribution >= 0.6 is 0 Å². The molecular formula is C24H30. The van der Waals surface area contributed by atoms with Crippen molar-refractivity contribution in [2.24, 2.45) is 0 Å². The van der Waals surface area contributed by atoms with E-state index in [1.165, 1.54) is 79.3 Å². The monoisotopic (exact) mass is 318 g/mol. The van der Waals surface area contributed by atoms with Crippen molar-refractivity contribution in [3.63, 3.8) is 0 Å². The molecule has 24 heavy (non-hydrogen) atoms. The van der Waals surface area contributed by atoms with E-state index in [9.17, 15) is 0 Å². The molecule has 0 spiro atoms. The van der Waals surface area contributed by atoms with Gasteiger partial charge < -0.3 is 0 Å². The van der Waals surface area contributed by atoms with E-state index in [1.54, 1.807) is 5.56 Å². The summed E-state index contributed by atoms with van der Waals surface area (Å²) in [5.74, 6) is 0. The lowest BCUT2D eigenvalue weighted by Crippen LogP contribution is -1.91. The first kappa shape index (κ1) is 17.0. The van der Waals surface area contributed by atoms with Gasteiger partial charge in [0.25, 0.3) is 0 Å². The highest BCUT2D eigenvalue weighted by Gasteiger charge is 2.07. The number of fused-ring (bicyclic) bond motifs is 2. The zero-order valence-electron chi connectivity index (χ0n) is 15.1. The predicted molar refractivity (Wildman–Crippen MR) is 108 cm³/mol. The topological polar surface area (TPSA) is 0 Å². The quantitative estimate of drug-likeness (QED) is 0.280. The standard InChI is InChI=1S/C24H30/c1-2-3-4-5-6-7-8-9-18-24-22-16-12-10-14-20(22)19-21-15-11-13-17-23(21)24/h10-17,19H,2-9,18H2,1H3. The van der Waals surface area contributed by atoms with Crippen molar-refractivity contribution in [3.8, 4) is 0 Å². The lowest BCUT2D eigenvalue weighted by molar-refractivity contribution is 0.576. The Morgan fingerprint density at radius 3 is 1.67 bits per heavy atom. The Kier molecular flexibility index (Phi) is 6.29. The van der Waals surface area contributed by atoms with Crippen LogP contribution in [0, 0.1) is 0 Å². The van der Waals surface area contributed by atoms with Gasteiger partial charge >= 0.3 is 0 Å². The summed E-state index contributed by atoms with van der Waals surface area (Å²) in [7, 11) is 0.